The van der Waals surface area contributed by atoms with Crippen molar-refractivity contribution < 1.29 is 9.90 Å². The molecule has 126 valence electrons. The maximum atomic E-state index is 12.3. The Morgan fingerprint density at radius 1 is 1.52 bits per heavy atom. The molecule has 0 saturated carbocycles. The number of H-pyrrole nitrogens is 1. The minimum absolute atomic E-state index is 0.236. The fraction of sp³-hybridized carbons (Fsp3) is 0.500. The molecule has 1 atom stereocenters. The number of aromatic nitrogens is 2. The van der Waals surface area contributed by atoms with E-state index in [1.165, 1.54) is 0 Å². The molecule has 2 aromatic rings. The maximum Gasteiger partial charge on any atom is 0.318 e. The molecule has 0 unspecified atom stereocenters. The molecule has 1 aromatic carbocycles. The molecule has 2 amide bonds. The fourth-order valence-corrected chi connectivity index (χ4v) is 2.52. The van der Waals surface area contributed by atoms with Crippen molar-refractivity contribution >= 4 is 28.7 Å². The lowest BCUT2D eigenvalue weighted by Crippen LogP contribution is -2.47. The number of likely N-dealkylation sites (N-methyl/N-ethyl adjacent to an activating group) is 1. The van der Waals surface area contributed by atoms with Gasteiger partial charge in [-0.05, 0) is 45.9 Å². The van der Waals surface area contributed by atoms with Gasteiger partial charge in [0.25, 0.3) is 0 Å². The second-order valence-corrected chi connectivity index (χ2v) is 6.72. The van der Waals surface area contributed by atoms with Crippen molar-refractivity contribution in [2.75, 3.05) is 13.1 Å². The number of fused-ring (bicyclic) bond motifs is 1. The number of urea groups is 1. The van der Waals surface area contributed by atoms with E-state index in [-0.39, 0.29) is 18.6 Å². The van der Waals surface area contributed by atoms with Gasteiger partial charge in [0, 0.05) is 11.6 Å². The first kappa shape index (κ1) is 17.6. The van der Waals surface area contributed by atoms with Gasteiger partial charge in [-0.15, -0.1) is 0 Å². The van der Waals surface area contributed by atoms with Crippen LogP contribution in [0.3, 0.4) is 0 Å². The van der Waals surface area contributed by atoms with Crippen LogP contribution >= 0.6 is 11.6 Å². The number of hydrogen-bond donors (Lipinski definition) is 3. The number of benzene rings is 1. The van der Waals surface area contributed by atoms with Gasteiger partial charge in [0.15, 0.2) is 0 Å². The fourth-order valence-electron chi connectivity index (χ4n) is 2.35. The molecule has 0 spiro atoms. The van der Waals surface area contributed by atoms with E-state index in [0.717, 1.165) is 11.0 Å². The van der Waals surface area contributed by atoms with Crippen molar-refractivity contribution in [2.24, 2.45) is 0 Å². The topological polar surface area (TPSA) is 81.2 Å². The second kappa shape index (κ2) is 6.76. The van der Waals surface area contributed by atoms with E-state index < -0.39 is 5.60 Å². The first-order valence-corrected chi connectivity index (χ1v) is 8.00. The molecule has 23 heavy (non-hydrogen) atoms. The average Bonchev–Trinajstić information content (AvgIpc) is 2.86. The third kappa shape index (κ3) is 4.59. The van der Waals surface area contributed by atoms with E-state index >= 15 is 0 Å². The van der Waals surface area contributed by atoms with Crippen LogP contribution in [0.5, 0.6) is 0 Å². The number of aromatic amines is 1. The molecule has 0 aliphatic rings. The molecule has 0 radical (unpaired) electrons. The molecule has 2 rings (SSSR count). The van der Waals surface area contributed by atoms with E-state index in [0.29, 0.717) is 17.4 Å². The van der Waals surface area contributed by atoms with Gasteiger partial charge in [-0.25, -0.2) is 9.78 Å². The molecule has 6 nitrogen and oxygen atoms in total. The molecular weight excluding hydrogens is 316 g/mol. The predicted molar refractivity (Wildman–Crippen MR) is 91.6 cm³/mol. The van der Waals surface area contributed by atoms with Crippen LogP contribution in [0.25, 0.3) is 11.0 Å². The van der Waals surface area contributed by atoms with Crippen LogP contribution in [0, 0.1) is 0 Å². The Balaban J connectivity index is 2.09. The number of nitrogens with zero attached hydrogens (tertiary/aromatic N) is 2. The number of halogens is 1. The lowest BCUT2D eigenvalue weighted by molar-refractivity contribution is 0.0476. The zero-order valence-corrected chi connectivity index (χ0v) is 14.6. The van der Waals surface area contributed by atoms with E-state index in [1.54, 1.807) is 30.9 Å². The smallest absolute Gasteiger partial charge is 0.318 e. The highest BCUT2D eigenvalue weighted by molar-refractivity contribution is 6.31. The Morgan fingerprint density at radius 3 is 2.83 bits per heavy atom. The zero-order chi connectivity index (χ0) is 17.2. The van der Waals surface area contributed by atoms with Gasteiger partial charge in [0.2, 0.25) is 0 Å². The van der Waals surface area contributed by atoms with Crippen LogP contribution < -0.4 is 5.32 Å². The van der Waals surface area contributed by atoms with Gasteiger partial charge in [-0.2, -0.15) is 0 Å². The summed E-state index contributed by atoms with van der Waals surface area (Å²) < 4.78 is 0. The van der Waals surface area contributed by atoms with Gasteiger partial charge in [0.1, 0.15) is 5.82 Å². The number of carbonyl (C=O) groups excluding carboxylic acids is 1. The van der Waals surface area contributed by atoms with Gasteiger partial charge in [-0.3, -0.25) is 0 Å². The Labute approximate surface area is 140 Å². The van der Waals surface area contributed by atoms with Crippen LogP contribution in [0.15, 0.2) is 18.2 Å². The van der Waals surface area contributed by atoms with Gasteiger partial charge in [0.05, 0.1) is 29.2 Å². The lowest BCUT2D eigenvalue weighted by atomic mass is 10.1. The Morgan fingerprint density at radius 2 is 2.22 bits per heavy atom. The number of imidazole rings is 1. The van der Waals surface area contributed by atoms with Crippen LogP contribution in [0.2, 0.25) is 5.02 Å². The van der Waals surface area contributed by atoms with E-state index in [9.17, 15) is 9.90 Å². The summed E-state index contributed by atoms with van der Waals surface area (Å²) in [5.74, 6) is 0.662. The van der Waals surface area contributed by atoms with Crippen molar-refractivity contribution in [2.45, 2.75) is 39.3 Å². The molecule has 3 N–H and O–H groups in total. The van der Waals surface area contributed by atoms with Gasteiger partial charge < -0.3 is 20.3 Å². The number of hydrogen-bond acceptors (Lipinski definition) is 3. The number of nitrogens with one attached hydrogen (secondary N) is 2. The molecule has 0 aliphatic heterocycles. The van der Waals surface area contributed by atoms with Crippen molar-refractivity contribution in [1.82, 2.24) is 20.2 Å². The van der Waals surface area contributed by atoms with Crippen LogP contribution in [-0.2, 0) is 0 Å². The van der Waals surface area contributed by atoms with Crippen LogP contribution in [0.1, 0.15) is 39.6 Å². The minimum atomic E-state index is -0.938. The normalized spacial score (nSPS) is 13.1. The summed E-state index contributed by atoms with van der Waals surface area (Å²) in [7, 11) is 0. The largest absolute Gasteiger partial charge is 0.389 e. The number of rotatable bonds is 5. The monoisotopic (exact) mass is 338 g/mol. The van der Waals surface area contributed by atoms with Gasteiger partial charge >= 0.3 is 6.03 Å². The molecule has 7 heteroatoms. The summed E-state index contributed by atoms with van der Waals surface area (Å²) in [4.78, 5) is 21.5. The van der Waals surface area contributed by atoms with E-state index in [2.05, 4.69) is 15.3 Å². The minimum Gasteiger partial charge on any atom is -0.389 e. The molecule has 0 fully saturated rings. The summed E-state index contributed by atoms with van der Waals surface area (Å²) >= 11 is 5.97. The molecule has 0 bridgehead atoms. The lowest BCUT2D eigenvalue weighted by Gasteiger charge is -2.29. The van der Waals surface area contributed by atoms with E-state index in [1.807, 2.05) is 19.9 Å². The van der Waals surface area contributed by atoms with Crippen molar-refractivity contribution in [3.05, 3.63) is 29.0 Å². The molecule has 0 saturated heterocycles. The number of aliphatic hydroxyl groups is 1. The summed E-state index contributed by atoms with van der Waals surface area (Å²) in [5.41, 5.74) is 0.693. The Hall–Kier alpha value is -1.79. The SMILES string of the molecule is CCN(CC(C)(C)O)C(=O)N[C@H](C)c1nc2ccc(Cl)cc2[nH]1. The third-order valence-corrected chi connectivity index (χ3v) is 3.69. The quantitative estimate of drug-likeness (QED) is 0.783. The number of carbonyl (C=O) groups is 1. The predicted octanol–water partition coefficient (Wildman–Crippen LogP) is 3.08. The van der Waals surface area contributed by atoms with Gasteiger partial charge in [-0.1, -0.05) is 11.6 Å². The maximum absolute atomic E-state index is 12.3. The first-order chi connectivity index (χ1) is 10.7. The molecular formula is C16H23ClN4O2. The van der Waals surface area contributed by atoms with Crippen molar-refractivity contribution in [3.8, 4) is 0 Å². The van der Waals surface area contributed by atoms with Crippen LogP contribution in [0.4, 0.5) is 4.79 Å². The second-order valence-electron chi connectivity index (χ2n) is 6.28. The number of amides is 2. The summed E-state index contributed by atoms with van der Waals surface area (Å²) in [6.07, 6.45) is 0. The van der Waals surface area contributed by atoms with Crippen molar-refractivity contribution in [3.63, 3.8) is 0 Å². The van der Waals surface area contributed by atoms with E-state index in [4.69, 9.17) is 11.6 Å². The molecule has 1 heterocycles. The summed E-state index contributed by atoms with van der Waals surface area (Å²) in [6.45, 7) is 7.86. The summed E-state index contributed by atoms with van der Waals surface area (Å²) in [5, 5.41) is 13.4. The standard InChI is InChI=1S/C16H23ClN4O2/c1-5-21(9-16(3,4)23)15(22)18-10(2)14-19-12-7-6-11(17)8-13(12)20-14/h6-8,10,23H,5,9H2,1-4H3,(H,18,22)(H,19,20)/t10-/m1/s1. The Bertz CT molecular complexity index is 693. The highest BCUT2D eigenvalue weighted by Crippen LogP contribution is 2.20. The molecule has 0 aliphatic carbocycles. The summed E-state index contributed by atoms with van der Waals surface area (Å²) in [6, 6.07) is 4.89. The zero-order valence-electron chi connectivity index (χ0n) is 13.9. The highest BCUT2D eigenvalue weighted by Gasteiger charge is 2.23. The molecule has 1 aromatic heterocycles. The Kier molecular flexibility index (Phi) is 5.16. The highest BCUT2D eigenvalue weighted by atomic mass is 35.5. The third-order valence-electron chi connectivity index (χ3n) is 3.46. The first-order valence-electron chi connectivity index (χ1n) is 7.62. The van der Waals surface area contributed by atoms with Crippen LogP contribution in [-0.4, -0.2) is 44.7 Å². The van der Waals surface area contributed by atoms with Crippen molar-refractivity contribution in [1.29, 1.82) is 0 Å². The average molecular weight is 339 g/mol.